The zero-order valence-corrected chi connectivity index (χ0v) is 13.4. The molecule has 2 heterocycles. The predicted octanol–water partition coefficient (Wildman–Crippen LogP) is 2.51. The number of sulfonamides is 1. The van der Waals surface area contributed by atoms with Gasteiger partial charge in [0.2, 0.25) is 10.0 Å². The summed E-state index contributed by atoms with van der Waals surface area (Å²) in [6, 6.07) is 9.67. The van der Waals surface area contributed by atoms with Crippen molar-refractivity contribution in [2.24, 2.45) is 0 Å². The quantitative estimate of drug-likeness (QED) is 0.779. The van der Waals surface area contributed by atoms with E-state index in [1.807, 2.05) is 12.1 Å². The van der Waals surface area contributed by atoms with Crippen molar-refractivity contribution in [1.82, 2.24) is 19.3 Å². The number of nitrogens with one attached hydrogen (secondary N) is 1. The van der Waals surface area contributed by atoms with Crippen molar-refractivity contribution in [3.05, 3.63) is 58.5 Å². The van der Waals surface area contributed by atoms with Crippen LogP contribution in [0.5, 0.6) is 0 Å². The smallest absolute Gasteiger partial charge is 0.242 e. The molecule has 1 N–H and O–H groups in total. The van der Waals surface area contributed by atoms with Gasteiger partial charge in [-0.15, -0.1) is 10.2 Å². The van der Waals surface area contributed by atoms with Crippen LogP contribution >= 0.6 is 23.2 Å². The number of fused-ring (bicyclic) bond motifs is 1. The summed E-state index contributed by atoms with van der Waals surface area (Å²) in [7, 11) is -3.81. The Hall–Kier alpha value is -1.67. The number of rotatable bonds is 4. The highest BCUT2D eigenvalue weighted by atomic mass is 35.5. The maximum absolute atomic E-state index is 12.3. The van der Waals surface area contributed by atoms with Crippen LogP contribution in [0.1, 0.15) is 5.82 Å². The second-order valence-corrected chi connectivity index (χ2v) is 7.02. The summed E-state index contributed by atoms with van der Waals surface area (Å²) in [5.41, 5.74) is 0.637. The molecule has 1 aromatic carbocycles. The summed E-state index contributed by atoms with van der Waals surface area (Å²) >= 11 is 11.7. The Balaban J connectivity index is 1.88. The highest BCUT2D eigenvalue weighted by Crippen LogP contribution is 2.24. The van der Waals surface area contributed by atoms with Crippen LogP contribution < -0.4 is 4.72 Å². The molecule has 3 aromatic rings. The Morgan fingerprint density at radius 1 is 1.14 bits per heavy atom. The first-order valence-corrected chi connectivity index (χ1v) is 8.45. The lowest BCUT2D eigenvalue weighted by Crippen LogP contribution is -2.24. The molecule has 0 saturated carbocycles. The summed E-state index contributed by atoms with van der Waals surface area (Å²) in [4.78, 5) is -0.0736. The highest BCUT2D eigenvalue weighted by Gasteiger charge is 2.19. The minimum Gasteiger partial charge on any atom is -0.285 e. The molecule has 0 aliphatic heterocycles. The van der Waals surface area contributed by atoms with E-state index in [2.05, 4.69) is 14.9 Å². The van der Waals surface area contributed by atoms with Gasteiger partial charge in [0, 0.05) is 11.2 Å². The predicted molar refractivity (Wildman–Crippen MR) is 83.5 cm³/mol. The van der Waals surface area contributed by atoms with E-state index in [0.717, 1.165) is 0 Å². The topological polar surface area (TPSA) is 76.4 Å². The van der Waals surface area contributed by atoms with E-state index in [1.54, 1.807) is 16.7 Å². The lowest BCUT2D eigenvalue weighted by atomic mass is 10.4. The lowest BCUT2D eigenvalue weighted by molar-refractivity contribution is 0.579. The van der Waals surface area contributed by atoms with Gasteiger partial charge >= 0.3 is 0 Å². The maximum Gasteiger partial charge on any atom is 0.242 e. The molecule has 0 spiro atoms. The third-order valence-electron chi connectivity index (χ3n) is 2.99. The van der Waals surface area contributed by atoms with Crippen LogP contribution in [0.4, 0.5) is 0 Å². The number of halogens is 2. The summed E-state index contributed by atoms with van der Waals surface area (Å²) in [6.45, 7) is -0.0175. The van der Waals surface area contributed by atoms with Gasteiger partial charge in [0.15, 0.2) is 11.5 Å². The molecule has 0 saturated heterocycles. The molecule has 0 bridgehead atoms. The van der Waals surface area contributed by atoms with Gasteiger partial charge < -0.3 is 0 Å². The van der Waals surface area contributed by atoms with Crippen LogP contribution in [0.2, 0.25) is 10.0 Å². The average Bonchev–Trinajstić information content (AvgIpc) is 2.91. The third kappa shape index (κ3) is 2.93. The summed E-state index contributed by atoms with van der Waals surface area (Å²) in [5, 5.41) is 8.30. The normalized spacial score (nSPS) is 11.9. The monoisotopic (exact) mass is 356 g/mol. The largest absolute Gasteiger partial charge is 0.285 e. The van der Waals surface area contributed by atoms with Crippen LogP contribution in [-0.2, 0) is 16.6 Å². The fraction of sp³-hybridized carbons (Fsp3) is 0.0769. The molecule has 2 aromatic heterocycles. The number of pyridine rings is 1. The molecule has 9 heteroatoms. The number of nitrogens with zero attached hydrogens (tertiary/aromatic N) is 3. The van der Waals surface area contributed by atoms with Crippen LogP contribution in [0, 0.1) is 0 Å². The third-order valence-corrected chi connectivity index (χ3v) is 5.11. The van der Waals surface area contributed by atoms with Crippen molar-refractivity contribution in [3.63, 3.8) is 0 Å². The van der Waals surface area contributed by atoms with E-state index >= 15 is 0 Å². The molecular formula is C13H10Cl2N4O2S. The van der Waals surface area contributed by atoms with E-state index in [1.165, 1.54) is 18.2 Å². The lowest BCUT2D eigenvalue weighted by Gasteiger charge is -2.08. The first-order valence-electron chi connectivity index (χ1n) is 6.21. The van der Waals surface area contributed by atoms with Crippen molar-refractivity contribution in [2.75, 3.05) is 0 Å². The summed E-state index contributed by atoms with van der Waals surface area (Å²) in [6.07, 6.45) is 1.76. The molecule has 0 aliphatic rings. The van der Waals surface area contributed by atoms with Crippen molar-refractivity contribution >= 4 is 38.9 Å². The Morgan fingerprint density at radius 3 is 2.77 bits per heavy atom. The zero-order chi connectivity index (χ0) is 15.7. The fourth-order valence-corrected chi connectivity index (χ4v) is 3.67. The fourth-order valence-electron chi connectivity index (χ4n) is 1.93. The molecule has 0 fully saturated rings. The Morgan fingerprint density at radius 2 is 1.95 bits per heavy atom. The highest BCUT2D eigenvalue weighted by molar-refractivity contribution is 7.89. The van der Waals surface area contributed by atoms with Gasteiger partial charge in [0.25, 0.3) is 0 Å². The first-order chi connectivity index (χ1) is 10.5. The van der Waals surface area contributed by atoms with Crippen molar-refractivity contribution in [3.8, 4) is 0 Å². The number of hydrogen-bond donors (Lipinski definition) is 1. The van der Waals surface area contributed by atoms with Crippen LogP contribution in [0.15, 0.2) is 47.5 Å². The van der Waals surface area contributed by atoms with Gasteiger partial charge in [-0.3, -0.25) is 4.40 Å². The Kier molecular flexibility index (Phi) is 4.05. The molecule has 0 atom stereocenters. The van der Waals surface area contributed by atoms with E-state index < -0.39 is 10.0 Å². The van der Waals surface area contributed by atoms with Gasteiger partial charge in [-0.2, -0.15) is 0 Å². The second-order valence-electron chi connectivity index (χ2n) is 4.44. The molecule has 0 unspecified atom stereocenters. The van der Waals surface area contributed by atoms with Gasteiger partial charge in [0.1, 0.15) is 4.90 Å². The van der Waals surface area contributed by atoms with Crippen molar-refractivity contribution in [2.45, 2.75) is 11.4 Å². The van der Waals surface area contributed by atoms with E-state index in [4.69, 9.17) is 23.2 Å². The zero-order valence-electron chi connectivity index (χ0n) is 11.1. The number of hydrogen-bond acceptors (Lipinski definition) is 4. The maximum atomic E-state index is 12.3. The summed E-state index contributed by atoms with van der Waals surface area (Å²) in [5.74, 6) is 0.470. The molecule has 0 aliphatic carbocycles. The number of benzene rings is 1. The van der Waals surface area contributed by atoms with Crippen molar-refractivity contribution in [1.29, 1.82) is 0 Å². The Labute approximate surface area is 136 Å². The van der Waals surface area contributed by atoms with Gasteiger partial charge in [0.05, 0.1) is 11.6 Å². The van der Waals surface area contributed by atoms with E-state index in [9.17, 15) is 8.42 Å². The molecular weight excluding hydrogens is 347 g/mol. The van der Waals surface area contributed by atoms with Crippen LogP contribution in [0.3, 0.4) is 0 Å². The van der Waals surface area contributed by atoms with E-state index in [0.29, 0.717) is 11.5 Å². The molecule has 0 radical (unpaired) electrons. The van der Waals surface area contributed by atoms with Gasteiger partial charge in [-0.05, 0) is 30.3 Å². The molecule has 6 nitrogen and oxygen atoms in total. The minimum absolute atomic E-state index is 0.0175. The molecule has 3 rings (SSSR count). The van der Waals surface area contributed by atoms with Crippen LogP contribution in [-0.4, -0.2) is 23.0 Å². The molecule has 22 heavy (non-hydrogen) atoms. The molecule has 114 valence electrons. The summed E-state index contributed by atoms with van der Waals surface area (Å²) < 4.78 is 28.8. The Bertz CT molecular complexity index is 940. The first kappa shape index (κ1) is 15.2. The standard InChI is InChI=1S/C13H10Cl2N4O2S/c14-9-4-5-10(15)11(7-9)22(20,21)16-8-13-18-17-12-3-1-2-6-19(12)13/h1-7,16H,8H2. The van der Waals surface area contributed by atoms with Gasteiger partial charge in [-0.25, -0.2) is 13.1 Å². The van der Waals surface area contributed by atoms with Crippen LogP contribution in [0.25, 0.3) is 5.65 Å². The van der Waals surface area contributed by atoms with E-state index in [-0.39, 0.29) is 21.5 Å². The minimum atomic E-state index is -3.81. The average molecular weight is 357 g/mol. The van der Waals surface area contributed by atoms with Crippen molar-refractivity contribution < 1.29 is 8.42 Å². The number of aromatic nitrogens is 3. The second kappa shape index (κ2) is 5.85. The molecule has 0 amide bonds. The van der Waals surface area contributed by atoms with Gasteiger partial charge in [-0.1, -0.05) is 29.3 Å². The SMILES string of the molecule is O=S(=O)(NCc1nnc2ccccn12)c1cc(Cl)ccc1Cl.